The Hall–Kier alpha value is -3.27. The maximum absolute atomic E-state index is 13.6. The number of hydrogen-bond donors (Lipinski definition) is 3. The van der Waals surface area contributed by atoms with Crippen molar-refractivity contribution in [2.24, 2.45) is 5.73 Å². The van der Waals surface area contributed by atoms with E-state index in [1.54, 1.807) is 30.3 Å². The molecular formula is C25H26N2O5S2. The molecule has 1 atom stereocenters. The number of thiophene rings is 1. The topological polar surface area (TPSA) is 127 Å². The third kappa shape index (κ3) is 5.11. The van der Waals surface area contributed by atoms with Crippen molar-refractivity contribution in [1.29, 1.82) is 0 Å². The fourth-order valence-corrected chi connectivity index (χ4v) is 6.44. The van der Waals surface area contributed by atoms with Gasteiger partial charge in [0.1, 0.15) is 20.1 Å². The lowest BCUT2D eigenvalue weighted by Crippen LogP contribution is -2.36. The molecule has 1 heterocycles. The number of carbonyl (C=O) groups excluding carboxylic acids is 2. The highest BCUT2D eigenvalue weighted by Crippen LogP contribution is 2.43. The van der Waals surface area contributed by atoms with Gasteiger partial charge in [-0.05, 0) is 44.0 Å². The molecule has 34 heavy (non-hydrogen) atoms. The largest absolute Gasteiger partial charge is 0.381 e. The Morgan fingerprint density at radius 3 is 2.29 bits per heavy atom. The van der Waals surface area contributed by atoms with Gasteiger partial charge in [0.25, 0.3) is 5.91 Å². The van der Waals surface area contributed by atoms with Gasteiger partial charge in [-0.25, -0.2) is 8.42 Å². The number of carbonyl (C=O) groups is 2. The zero-order chi connectivity index (χ0) is 25.3. The van der Waals surface area contributed by atoms with Crippen molar-refractivity contribution in [3.05, 3.63) is 83.9 Å². The van der Waals surface area contributed by atoms with Crippen molar-refractivity contribution in [2.75, 3.05) is 5.32 Å². The minimum Gasteiger partial charge on any atom is -0.381 e. The SMILES string of the molecule is C=CC(c1ccc(C)cc1)S(=O)(=O)c1cc(-c2ccccc2C(N)=O)c(NC(=O)C(C)(C)O)s1. The number of amides is 2. The van der Waals surface area contributed by atoms with Crippen LogP contribution in [0.4, 0.5) is 5.00 Å². The van der Waals surface area contributed by atoms with Gasteiger partial charge >= 0.3 is 0 Å². The van der Waals surface area contributed by atoms with E-state index in [4.69, 9.17) is 5.73 Å². The molecule has 2 aromatic carbocycles. The maximum Gasteiger partial charge on any atom is 0.256 e. The molecule has 9 heteroatoms. The van der Waals surface area contributed by atoms with Crippen LogP contribution in [-0.4, -0.2) is 30.9 Å². The van der Waals surface area contributed by atoms with Crippen LogP contribution < -0.4 is 11.1 Å². The van der Waals surface area contributed by atoms with Gasteiger partial charge in [-0.2, -0.15) is 0 Å². The van der Waals surface area contributed by atoms with Gasteiger partial charge in [0.05, 0.1) is 0 Å². The van der Waals surface area contributed by atoms with Gasteiger partial charge in [0.2, 0.25) is 5.91 Å². The fraction of sp³-hybridized carbons (Fsp3) is 0.200. The first-order valence-electron chi connectivity index (χ1n) is 10.4. The van der Waals surface area contributed by atoms with Crippen molar-refractivity contribution >= 4 is 38.0 Å². The second-order valence-corrected chi connectivity index (χ2v) is 11.7. The average molecular weight is 499 g/mol. The lowest BCUT2D eigenvalue weighted by Gasteiger charge is -2.17. The number of primary amides is 1. The van der Waals surface area contributed by atoms with Crippen molar-refractivity contribution < 1.29 is 23.1 Å². The van der Waals surface area contributed by atoms with Gasteiger partial charge in [-0.3, -0.25) is 9.59 Å². The highest BCUT2D eigenvalue weighted by atomic mass is 32.2. The molecule has 0 saturated carbocycles. The number of nitrogens with one attached hydrogen (secondary N) is 1. The Morgan fingerprint density at radius 1 is 1.12 bits per heavy atom. The van der Waals surface area contributed by atoms with E-state index in [1.807, 2.05) is 19.1 Å². The van der Waals surface area contributed by atoms with E-state index in [-0.39, 0.29) is 14.8 Å². The number of sulfone groups is 1. The maximum atomic E-state index is 13.6. The van der Waals surface area contributed by atoms with E-state index in [1.165, 1.54) is 32.1 Å². The Bertz CT molecular complexity index is 1350. The number of benzene rings is 2. The smallest absolute Gasteiger partial charge is 0.256 e. The van der Waals surface area contributed by atoms with Gasteiger partial charge in [0, 0.05) is 11.1 Å². The second kappa shape index (κ2) is 9.54. The summed E-state index contributed by atoms with van der Waals surface area (Å²) in [6.07, 6.45) is 1.35. The molecule has 3 rings (SSSR count). The third-order valence-corrected chi connectivity index (χ3v) is 8.81. The predicted molar refractivity (Wildman–Crippen MR) is 135 cm³/mol. The molecule has 1 unspecified atom stereocenters. The summed E-state index contributed by atoms with van der Waals surface area (Å²) in [6.45, 7) is 8.25. The zero-order valence-corrected chi connectivity index (χ0v) is 20.7. The Morgan fingerprint density at radius 2 is 1.74 bits per heavy atom. The van der Waals surface area contributed by atoms with E-state index in [0.29, 0.717) is 16.7 Å². The molecule has 4 N–H and O–H groups in total. The molecule has 3 aromatic rings. The van der Waals surface area contributed by atoms with Crippen LogP contribution in [-0.2, 0) is 14.6 Å². The summed E-state index contributed by atoms with van der Waals surface area (Å²) in [5, 5.41) is 11.8. The normalized spacial score (nSPS) is 12.7. The second-order valence-electron chi connectivity index (χ2n) is 8.34. The average Bonchev–Trinajstić information content (AvgIpc) is 3.19. The summed E-state index contributed by atoms with van der Waals surface area (Å²) in [4.78, 5) is 24.6. The molecule has 178 valence electrons. The van der Waals surface area contributed by atoms with Gasteiger partial charge in [-0.15, -0.1) is 17.9 Å². The number of aryl methyl sites for hydroxylation is 1. The molecule has 0 fully saturated rings. The van der Waals surface area contributed by atoms with E-state index in [9.17, 15) is 23.1 Å². The van der Waals surface area contributed by atoms with Crippen LogP contribution in [0.15, 0.2) is 71.5 Å². The van der Waals surface area contributed by atoms with Crippen LogP contribution >= 0.6 is 11.3 Å². The Labute approximate surface area is 202 Å². The van der Waals surface area contributed by atoms with E-state index in [0.717, 1.165) is 16.9 Å². The number of nitrogens with two attached hydrogens (primary N) is 1. The number of aliphatic hydroxyl groups is 1. The summed E-state index contributed by atoms with van der Waals surface area (Å²) >= 11 is 0.837. The molecule has 1 aromatic heterocycles. The number of anilines is 1. The van der Waals surface area contributed by atoms with Gasteiger partial charge in [-0.1, -0.05) is 54.1 Å². The van der Waals surface area contributed by atoms with Crippen LogP contribution in [0.25, 0.3) is 11.1 Å². The Kier molecular flexibility index (Phi) is 7.11. The molecule has 7 nitrogen and oxygen atoms in total. The lowest BCUT2D eigenvalue weighted by atomic mass is 10.0. The highest BCUT2D eigenvalue weighted by molar-refractivity contribution is 7.94. The lowest BCUT2D eigenvalue weighted by molar-refractivity contribution is -0.130. The van der Waals surface area contributed by atoms with E-state index >= 15 is 0 Å². The molecule has 0 spiro atoms. The standard InChI is InChI=1S/C25H26N2O5S2/c1-5-20(16-12-10-15(2)11-13-16)34(31,32)21-14-19(17-8-6-7-9-18(17)22(26)28)23(33-21)27-24(29)25(3,4)30/h5-14,20,30H,1H2,2-4H3,(H2,26,28)(H,27,29). The fourth-order valence-electron chi connectivity index (χ4n) is 3.31. The summed E-state index contributed by atoms with van der Waals surface area (Å²) in [6, 6.07) is 14.9. The summed E-state index contributed by atoms with van der Waals surface area (Å²) < 4.78 is 27.2. The quantitative estimate of drug-likeness (QED) is 0.401. The number of rotatable bonds is 8. The van der Waals surface area contributed by atoms with Crippen molar-refractivity contribution in [1.82, 2.24) is 0 Å². The molecule has 2 amide bonds. The molecule has 0 aliphatic heterocycles. The van der Waals surface area contributed by atoms with E-state index < -0.39 is 32.5 Å². The summed E-state index contributed by atoms with van der Waals surface area (Å²) in [7, 11) is -3.96. The first kappa shape index (κ1) is 25.4. The molecule has 0 bridgehead atoms. The minimum absolute atomic E-state index is 0.0294. The predicted octanol–water partition coefficient (Wildman–Crippen LogP) is 4.23. The van der Waals surface area contributed by atoms with Crippen LogP contribution in [0.2, 0.25) is 0 Å². The van der Waals surface area contributed by atoms with Crippen molar-refractivity contribution in [3.8, 4) is 11.1 Å². The Balaban J connectivity index is 2.20. The van der Waals surface area contributed by atoms with Crippen molar-refractivity contribution in [2.45, 2.75) is 35.8 Å². The zero-order valence-electron chi connectivity index (χ0n) is 19.0. The van der Waals surface area contributed by atoms with Crippen molar-refractivity contribution in [3.63, 3.8) is 0 Å². The highest BCUT2D eigenvalue weighted by Gasteiger charge is 2.32. The van der Waals surface area contributed by atoms with Crippen LogP contribution in [0, 0.1) is 6.92 Å². The molecule has 0 aliphatic carbocycles. The summed E-state index contributed by atoms with van der Waals surface area (Å²) in [5.41, 5.74) is 6.20. The molecule has 0 saturated heterocycles. The number of hydrogen-bond acceptors (Lipinski definition) is 6. The van der Waals surface area contributed by atoms with Crippen LogP contribution in [0.1, 0.15) is 40.6 Å². The monoisotopic (exact) mass is 498 g/mol. The van der Waals surface area contributed by atoms with Crippen LogP contribution in [0.3, 0.4) is 0 Å². The first-order chi connectivity index (χ1) is 15.9. The van der Waals surface area contributed by atoms with Gasteiger partial charge in [0.15, 0.2) is 9.84 Å². The minimum atomic E-state index is -3.96. The molecular weight excluding hydrogens is 472 g/mol. The third-order valence-electron chi connectivity index (χ3n) is 5.21. The molecule has 0 aliphatic rings. The molecule has 0 radical (unpaired) electrons. The van der Waals surface area contributed by atoms with E-state index in [2.05, 4.69) is 11.9 Å². The van der Waals surface area contributed by atoms with Crippen LogP contribution in [0.5, 0.6) is 0 Å². The van der Waals surface area contributed by atoms with Gasteiger partial charge < -0.3 is 16.2 Å². The first-order valence-corrected chi connectivity index (χ1v) is 12.7. The summed E-state index contributed by atoms with van der Waals surface area (Å²) in [5.74, 6) is -1.43.